The third-order valence-corrected chi connectivity index (χ3v) is 2.50. The predicted molar refractivity (Wildman–Crippen MR) is 46.8 cm³/mol. The number of hydrogen-bond donors (Lipinski definition) is 1. The van der Waals surface area contributed by atoms with Crippen molar-refractivity contribution >= 4 is 14.0 Å². The summed E-state index contributed by atoms with van der Waals surface area (Å²) >= 11 is 0. The van der Waals surface area contributed by atoms with E-state index in [1.807, 2.05) is 0 Å². The second-order valence-corrected chi connectivity index (χ2v) is 3.62. The summed E-state index contributed by atoms with van der Waals surface area (Å²) < 4.78 is 10.4. The maximum absolute atomic E-state index is 10.7. The first-order valence-corrected chi connectivity index (χ1v) is 5.47. The van der Waals surface area contributed by atoms with E-state index >= 15 is 0 Å². The van der Waals surface area contributed by atoms with Crippen LogP contribution in [0, 0.1) is 0 Å². The Morgan fingerprint density at radius 3 is 2.23 bits per heavy atom. The van der Waals surface area contributed by atoms with E-state index in [4.69, 9.17) is 5.11 Å². The molecule has 0 aliphatic rings. The summed E-state index contributed by atoms with van der Waals surface area (Å²) in [6, 6.07) is -0.906. The fourth-order valence-corrected chi connectivity index (χ4v) is 1.82. The summed E-state index contributed by atoms with van der Waals surface area (Å²) in [7, 11) is -2.64. The van der Waals surface area contributed by atoms with Crippen molar-refractivity contribution < 1.29 is 19.4 Å². The first kappa shape index (κ1) is 12.5. The highest BCUT2D eigenvalue weighted by atomic mass is 31.1. The maximum Gasteiger partial charge on any atom is 0.325 e. The topological polar surface area (TPSA) is 80.7 Å². The largest absolute Gasteiger partial charge is 0.595 e. The van der Waals surface area contributed by atoms with Gasteiger partial charge >= 0.3 is 14.0 Å². The van der Waals surface area contributed by atoms with Crippen molar-refractivity contribution in [2.75, 3.05) is 19.3 Å². The van der Waals surface area contributed by atoms with Gasteiger partial charge in [0.25, 0.3) is 0 Å². The van der Waals surface area contributed by atoms with Gasteiger partial charge in [-0.2, -0.15) is 0 Å². The van der Waals surface area contributed by atoms with Gasteiger partial charge in [-0.25, -0.2) is 0 Å². The molecule has 0 aliphatic heterocycles. The van der Waals surface area contributed by atoms with E-state index in [9.17, 15) is 14.3 Å². The van der Waals surface area contributed by atoms with Gasteiger partial charge in [-0.3, -0.25) is 9.69 Å². The SMILES string of the molecule is CCN(CC)C(C[P+](=O)[O-])C(=O)O. The highest BCUT2D eigenvalue weighted by Gasteiger charge is 2.28. The number of carbonyl (C=O) groups is 1. The lowest BCUT2D eigenvalue weighted by Gasteiger charge is -2.22. The first-order chi connectivity index (χ1) is 6.02. The molecular formula is C7H14NO4P. The molecule has 0 aliphatic carbocycles. The molecule has 0 spiro atoms. The molecule has 0 aromatic carbocycles. The Labute approximate surface area is 78.2 Å². The van der Waals surface area contributed by atoms with E-state index in [2.05, 4.69) is 0 Å². The van der Waals surface area contributed by atoms with Crippen molar-refractivity contribution in [3.05, 3.63) is 0 Å². The lowest BCUT2D eigenvalue weighted by Crippen LogP contribution is -2.43. The fourth-order valence-electron chi connectivity index (χ4n) is 1.16. The first-order valence-electron chi connectivity index (χ1n) is 4.11. The van der Waals surface area contributed by atoms with Crippen molar-refractivity contribution in [1.29, 1.82) is 0 Å². The van der Waals surface area contributed by atoms with Gasteiger partial charge in [0.1, 0.15) is 0 Å². The minimum absolute atomic E-state index is 0.313. The summed E-state index contributed by atoms with van der Waals surface area (Å²) in [5.74, 6) is -1.08. The summed E-state index contributed by atoms with van der Waals surface area (Å²) in [5.41, 5.74) is 0. The highest BCUT2D eigenvalue weighted by Crippen LogP contribution is 2.13. The molecule has 2 atom stereocenters. The van der Waals surface area contributed by atoms with Gasteiger partial charge in [-0.15, -0.1) is 0 Å². The second-order valence-electron chi connectivity index (χ2n) is 2.59. The van der Waals surface area contributed by atoms with Gasteiger partial charge in [-0.1, -0.05) is 18.4 Å². The lowest BCUT2D eigenvalue weighted by molar-refractivity contribution is -0.166. The second kappa shape index (κ2) is 6.02. The smallest absolute Gasteiger partial charge is 0.325 e. The number of aliphatic carboxylic acids is 1. The predicted octanol–water partition coefficient (Wildman–Crippen LogP) is -0.116. The minimum Gasteiger partial charge on any atom is -0.595 e. The van der Waals surface area contributed by atoms with Gasteiger partial charge in [0, 0.05) is 0 Å². The molecule has 0 fully saturated rings. The zero-order valence-electron chi connectivity index (χ0n) is 7.77. The Morgan fingerprint density at radius 2 is 2.00 bits per heavy atom. The molecule has 0 rings (SSSR count). The molecule has 76 valence electrons. The molecule has 5 nitrogen and oxygen atoms in total. The van der Waals surface area contributed by atoms with E-state index in [1.54, 1.807) is 18.7 Å². The maximum atomic E-state index is 10.7. The van der Waals surface area contributed by atoms with E-state index in [0.29, 0.717) is 13.1 Å². The highest BCUT2D eigenvalue weighted by molar-refractivity contribution is 7.36. The normalized spacial score (nSPS) is 14.3. The van der Waals surface area contributed by atoms with Crippen LogP contribution in [0.2, 0.25) is 0 Å². The van der Waals surface area contributed by atoms with Crippen LogP contribution >= 0.6 is 8.03 Å². The van der Waals surface area contributed by atoms with Crippen LogP contribution in [0.1, 0.15) is 13.8 Å². The standard InChI is InChI=1S/C7H14NO4P/c1-3-8(4-2)6(7(9)10)5-13(11)12/h6H,3-5H2,1-2H3,(H,9,10). The van der Waals surface area contributed by atoms with Gasteiger partial charge in [-0.05, 0) is 13.1 Å². The summed E-state index contributed by atoms with van der Waals surface area (Å²) in [4.78, 5) is 22.7. The molecular weight excluding hydrogens is 193 g/mol. The molecule has 0 heterocycles. The van der Waals surface area contributed by atoms with Crippen molar-refractivity contribution in [1.82, 2.24) is 4.90 Å². The summed E-state index contributed by atoms with van der Waals surface area (Å²) in [6.07, 6.45) is -0.313. The van der Waals surface area contributed by atoms with Crippen LogP contribution in [-0.2, 0) is 9.36 Å². The molecule has 0 saturated carbocycles. The Balaban J connectivity index is 4.38. The molecule has 0 aromatic rings. The Kier molecular flexibility index (Phi) is 5.79. The minimum atomic E-state index is -2.64. The fraction of sp³-hybridized carbons (Fsp3) is 0.857. The van der Waals surface area contributed by atoms with E-state index in [-0.39, 0.29) is 6.16 Å². The molecule has 13 heavy (non-hydrogen) atoms. The monoisotopic (exact) mass is 207 g/mol. The van der Waals surface area contributed by atoms with Gasteiger partial charge in [0.15, 0.2) is 12.2 Å². The number of carboxylic acid groups (broad SMARTS) is 1. The van der Waals surface area contributed by atoms with E-state index in [1.165, 1.54) is 0 Å². The average Bonchev–Trinajstić information content (AvgIpc) is 2.04. The van der Waals surface area contributed by atoms with Gasteiger partial charge < -0.3 is 10.00 Å². The van der Waals surface area contributed by atoms with Crippen molar-refractivity contribution in [3.63, 3.8) is 0 Å². The molecule has 0 amide bonds. The summed E-state index contributed by atoms with van der Waals surface area (Å²) in [5, 5.41) is 8.75. The van der Waals surface area contributed by atoms with Crippen LogP contribution in [0.15, 0.2) is 0 Å². The number of carboxylic acids is 1. The molecule has 1 N–H and O–H groups in total. The van der Waals surface area contributed by atoms with Crippen LogP contribution < -0.4 is 4.89 Å². The van der Waals surface area contributed by atoms with Gasteiger partial charge in [0.05, 0.1) is 0 Å². The average molecular weight is 207 g/mol. The van der Waals surface area contributed by atoms with Crippen LogP contribution in [0.4, 0.5) is 0 Å². The van der Waals surface area contributed by atoms with E-state index in [0.717, 1.165) is 0 Å². The molecule has 0 aromatic heterocycles. The van der Waals surface area contributed by atoms with Crippen molar-refractivity contribution in [3.8, 4) is 0 Å². The molecule has 0 saturated heterocycles. The number of hydrogen-bond acceptors (Lipinski definition) is 4. The number of rotatable bonds is 6. The zero-order chi connectivity index (χ0) is 10.4. The van der Waals surface area contributed by atoms with Gasteiger partial charge in [0.2, 0.25) is 0 Å². The Hall–Kier alpha value is -0.510. The summed E-state index contributed by atoms with van der Waals surface area (Å²) in [6.45, 7) is 4.68. The van der Waals surface area contributed by atoms with Crippen LogP contribution in [0.5, 0.6) is 0 Å². The van der Waals surface area contributed by atoms with E-state index < -0.39 is 20.0 Å². The molecule has 2 unspecified atom stereocenters. The Bertz CT molecular complexity index is 193. The zero-order valence-corrected chi connectivity index (χ0v) is 8.66. The van der Waals surface area contributed by atoms with Crippen LogP contribution in [-0.4, -0.2) is 41.3 Å². The molecule has 0 radical (unpaired) electrons. The third kappa shape index (κ3) is 4.31. The Morgan fingerprint density at radius 1 is 1.54 bits per heavy atom. The molecule has 6 heteroatoms. The van der Waals surface area contributed by atoms with Crippen molar-refractivity contribution in [2.24, 2.45) is 0 Å². The third-order valence-electron chi connectivity index (χ3n) is 1.86. The quantitative estimate of drug-likeness (QED) is 0.614. The number of nitrogens with zero attached hydrogens (tertiary/aromatic N) is 1. The molecule has 0 bridgehead atoms. The number of likely N-dealkylation sites (N-methyl/N-ethyl adjacent to an activating group) is 1. The lowest BCUT2D eigenvalue weighted by atomic mass is 10.3. The van der Waals surface area contributed by atoms with Crippen molar-refractivity contribution in [2.45, 2.75) is 19.9 Å². The van der Waals surface area contributed by atoms with Crippen LogP contribution in [0.3, 0.4) is 0 Å². The van der Waals surface area contributed by atoms with Crippen LogP contribution in [0.25, 0.3) is 0 Å².